The molecule has 0 radical (unpaired) electrons. The summed E-state index contributed by atoms with van der Waals surface area (Å²) < 4.78 is 0. The van der Waals surface area contributed by atoms with Crippen LogP contribution in [-0.2, 0) is 4.79 Å². The molecule has 2 rings (SSSR count). The smallest absolute Gasteiger partial charge is 0.248 e. The van der Waals surface area contributed by atoms with E-state index in [9.17, 15) is 4.79 Å². The van der Waals surface area contributed by atoms with Gasteiger partial charge in [0, 0.05) is 22.8 Å². The molecule has 0 aliphatic carbocycles. The maximum Gasteiger partial charge on any atom is 0.248 e. The zero-order valence-electron chi connectivity index (χ0n) is 8.45. The molecule has 1 heterocycles. The molecule has 0 aliphatic rings. The molecule has 0 bridgehead atoms. The SMILES string of the molecule is C/C=C/C(=O)Nc1ccc2[nH]ccc2c1. The number of hydrogen-bond donors (Lipinski definition) is 2. The first kappa shape index (κ1) is 9.52. The monoisotopic (exact) mass is 200 g/mol. The van der Waals surface area contributed by atoms with Gasteiger partial charge in [0.25, 0.3) is 0 Å². The van der Waals surface area contributed by atoms with Crippen LogP contribution in [-0.4, -0.2) is 10.9 Å². The Morgan fingerprint density at radius 1 is 1.40 bits per heavy atom. The summed E-state index contributed by atoms with van der Waals surface area (Å²) in [4.78, 5) is 14.4. The van der Waals surface area contributed by atoms with E-state index in [0.717, 1.165) is 16.6 Å². The first-order chi connectivity index (χ1) is 7.29. The van der Waals surface area contributed by atoms with Crippen molar-refractivity contribution in [3.8, 4) is 0 Å². The second-order valence-corrected chi connectivity index (χ2v) is 3.27. The Kier molecular flexibility index (Phi) is 2.54. The van der Waals surface area contributed by atoms with Crippen LogP contribution in [0.4, 0.5) is 5.69 Å². The molecule has 1 aromatic carbocycles. The average Bonchev–Trinajstić information content (AvgIpc) is 2.65. The summed E-state index contributed by atoms with van der Waals surface area (Å²) in [5.41, 5.74) is 1.88. The highest BCUT2D eigenvalue weighted by Crippen LogP contribution is 2.17. The molecule has 76 valence electrons. The van der Waals surface area contributed by atoms with Crippen LogP contribution in [0.3, 0.4) is 0 Å². The number of H-pyrrole nitrogens is 1. The van der Waals surface area contributed by atoms with Crippen LogP contribution in [0, 0.1) is 0 Å². The molecule has 0 spiro atoms. The summed E-state index contributed by atoms with van der Waals surface area (Å²) in [6.07, 6.45) is 5.09. The number of fused-ring (bicyclic) bond motifs is 1. The number of nitrogens with one attached hydrogen (secondary N) is 2. The van der Waals surface area contributed by atoms with Crippen LogP contribution in [0.15, 0.2) is 42.6 Å². The number of carbonyl (C=O) groups excluding carboxylic acids is 1. The van der Waals surface area contributed by atoms with Crippen molar-refractivity contribution in [3.63, 3.8) is 0 Å². The predicted molar refractivity (Wildman–Crippen MR) is 61.7 cm³/mol. The summed E-state index contributed by atoms with van der Waals surface area (Å²) in [6, 6.07) is 7.73. The van der Waals surface area contributed by atoms with Crippen LogP contribution >= 0.6 is 0 Å². The summed E-state index contributed by atoms with van der Waals surface area (Å²) in [6.45, 7) is 1.81. The number of hydrogen-bond acceptors (Lipinski definition) is 1. The molecule has 0 atom stereocenters. The van der Waals surface area contributed by atoms with Crippen molar-refractivity contribution in [2.45, 2.75) is 6.92 Å². The Balaban J connectivity index is 2.24. The minimum Gasteiger partial charge on any atom is -0.361 e. The van der Waals surface area contributed by atoms with Gasteiger partial charge >= 0.3 is 0 Å². The number of anilines is 1. The van der Waals surface area contributed by atoms with Gasteiger partial charge < -0.3 is 10.3 Å². The van der Waals surface area contributed by atoms with E-state index in [1.807, 2.05) is 37.4 Å². The van der Waals surface area contributed by atoms with E-state index in [1.54, 1.807) is 6.08 Å². The number of aromatic nitrogens is 1. The highest BCUT2D eigenvalue weighted by atomic mass is 16.1. The molecule has 1 aromatic heterocycles. The summed E-state index contributed by atoms with van der Waals surface area (Å²) in [7, 11) is 0. The van der Waals surface area contributed by atoms with Gasteiger partial charge in [-0.2, -0.15) is 0 Å². The van der Waals surface area contributed by atoms with Crippen molar-refractivity contribution in [2.24, 2.45) is 0 Å². The van der Waals surface area contributed by atoms with E-state index in [0.29, 0.717) is 0 Å². The van der Waals surface area contributed by atoms with Crippen molar-refractivity contribution in [1.82, 2.24) is 4.98 Å². The largest absolute Gasteiger partial charge is 0.361 e. The molecular weight excluding hydrogens is 188 g/mol. The van der Waals surface area contributed by atoms with Crippen LogP contribution in [0.2, 0.25) is 0 Å². The second kappa shape index (κ2) is 4.00. The molecule has 1 amide bonds. The van der Waals surface area contributed by atoms with Gasteiger partial charge in [0.2, 0.25) is 5.91 Å². The number of aromatic amines is 1. The van der Waals surface area contributed by atoms with Gasteiger partial charge in [0.1, 0.15) is 0 Å². The maximum atomic E-state index is 11.3. The topological polar surface area (TPSA) is 44.9 Å². The third-order valence-corrected chi connectivity index (χ3v) is 2.14. The minimum atomic E-state index is -0.104. The van der Waals surface area contributed by atoms with Gasteiger partial charge in [-0.25, -0.2) is 0 Å². The molecular formula is C12H12N2O. The van der Waals surface area contributed by atoms with Gasteiger partial charge in [-0.1, -0.05) is 6.08 Å². The number of amides is 1. The minimum absolute atomic E-state index is 0.104. The average molecular weight is 200 g/mol. The standard InChI is InChI=1S/C12H12N2O/c1-2-3-12(15)14-10-4-5-11-9(8-10)6-7-13-11/h2-8,13H,1H3,(H,14,15)/b3-2+. The molecule has 2 aromatic rings. The highest BCUT2D eigenvalue weighted by Gasteiger charge is 1.99. The lowest BCUT2D eigenvalue weighted by Crippen LogP contribution is -2.07. The molecule has 15 heavy (non-hydrogen) atoms. The molecule has 3 heteroatoms. The lowest BCUT2D eigenvalue weighted by atomic mass is 10.2. The van der Waals surface area contributed by atoms with Crippen LogP contribution in [0.25, 0.3) is 10.9 Å². The third kappa shape index (κ3) is 2.07. The van der Waals surface area contributed by atoms with Crippen LogP contribution in [0.5, 0.6) is 0 Å². The summed E-state index contributed by atoms with van der Waals surface area (Å²) in [5.74, 6) is -0.104. The van der Waals surface area contributed by atoms with Crippen molar-refractivity contribution < 1.29 is 4.79 Å². The molecule has 0 fully saturated rings. The maximum absolute atomic E-state index is 11.3. The zero-order valence-corrected chi connectivity index (χ0v) is 8.45. The molecule has 0 saturated carbocycles. The number of carbonyl (C=O) groups is 1. The lowest BCUT2D eigenvalue weighted by Gasteiger charge is -2.01. The molecule has 0 saturated heterocycles. The second-order valence-electron chi connectivity index (χ2n) is 3.27. The number of allylic oxidation sites excluding steroid dienone is 1. The Labute approximate surface area is 87.8 Å². The van der Waals surface area contributed by atoms with Crippen LogP contribution in [0.1, 0.15) is 6.92 Å². The van der Waals surface area contributed by atoms with Crippen molar-refractivity contribution in [1.29, 1.82) is 0 Å². The van der Waals surface area contributed by atoms with E-state index < -0.39 is 0 Å². The van der Waals surface area contributed by atoms with E-state index in [4.69, 9.17) is 0 Å². The Morgan fingerprint density at radius 2 is 2.27 bits per heavy atom. The zero-order chi connectivity index (χ0) is 10.7. The van der Waals surface area contributed by atoms with Crippen molar-refractivity contribution in [3.05, 3.63) is 42.6 Å². The summed E-state index contributed by atoms with van der Waals surface area (Å²) >= 11 is 0. The predicted octanol–water partition coefficient (Wildman–Crippen LogP) is 2.68. The van der Waals surface area contributed by atoms with Crippen LogP contribution < -0.4 is 5.32 Å². The third-order valence-electron chi connectivity index (χ3n) is 2.14. The summed E-state index contributed by atoms with van der Waals surface area (Å²) in [5, 5.41) is 3.88. The first-order valence-corrected chi connectivity index (χ1v) is 4.80. The van der Waals surface area contributed by atoms with Gasteiger partial charge in [-0.05, 0) is 37.3 Å². The fourth-order valence-corrected chi connectivity index (χ4v) is 1.47. The fourth-order valence-electron chi connectivity index (χ4n) is 1.47. The van der Waals surface area contributed by atoms with E-state index in [-0.39, 0.29) is 5.91 Å². The first-order valence-electron chi connectivity index (χ1n) is 4.80. The molecule has 2 N–H and O–H groups in total. The van der Waals surface area contributed by atoms with E-state index >= 15 is 0 Å². The van der Waals surface area contributed by atoms with Gasteiger partial charge in [-0.3, -0.25) is 4.79 Å². The van der Waals surface area contributed by atoms with Crippen molar-refractivity contribution >= 4 is 22.5 Å². The Hall–Kier alpha value is -2.03. The Bertz CT molecular complexity index is 511. The highest BCUT2D eigenvalue weighted by molar-refractivity contribution is 6.00. The van der Waals surface area contributed by atoms with E-state index in [2.05, 4.69) is 10.3 Å². The molecule has 0 aliphatic heterocycles. The molecule has 3 nitrogen and oxygen atoms in total. The van der Waals surface area contributed by atoms with Gasteiger partial charge in [-0.15, -0.1) is 0 Å². The van der Waals surface area contributed by atoms with Crippen molar-refractivity contribution in [2.75, 3.05) is 5.32 Å². The van der Waals surface area contributed by atoms with Gasteiger partial charge in [0.05, 0.1) is 0 Å². The number of rotatable bonds is 2. The van der Waals surface area contributed by atoms with Gasteiger partial charge in [0.15, 0.2) is 0 Å². The quantitative estimate of drug-likeness (QED) is 0.719. The Morgan fingerprint density at radius 3 is 3.07 bits per heavy atom. The molecule has 0 unspecified atom stereocenters. The van der Waals surface area contributed by atoms with E-state index in [1.165, 1.54) is 6.08 Å². The normalized spacial score (nSPS) is 11.0. The lowest BCUT2D eigenvalue weighted by molar-refractivity contribution is -0.111. The number of benzene rings is 1. The fraction of sp³-hybridized carbons (Fsp3) is 0.0833.